The second-order valence-electron chi connectivity index (χ2n) is 4.34. The first-order chi connectivity index (χ1) is 9.02. The molecule has 0 saturated carbocycles. The molecule has 1 fully saturated rings. The lowest BCUT2D eigenvalue weighted by molar-refractivity contribution is -0.384. The van der Waals surface area contributed by atoms with Gasteiger partial charge in [-0.3, -0.25) is 14.9 Å². The van der Waals surface area contributed by atoms with Gasteiger partial charge in [0.05, 0.1) is 23.7 Å². The van der Waals surface area contributed by atoms with Gasteiger partial charge in [-0.15, -0.1) is 0 Å². The third-order valence-electron chi connectivity index (χ3n) is 3.07. The number of nitro benzene ring substituents is 1. The van der Waals surface area contributed by atoms with Crippen molar-refractivity contribution < 1.29 is 19.6 Å². The van der Waals surface area contributed by atoms with E-state index in [1.807, 2.05) is 0 Å². The van der Waals surface area contributed by atoms with Gasteiger partial charge in [0.15, 0.2) is 0 Å². The average Bonchev–Trinajstić information content (AvgIpc) is 2.83. The second kappa shape index (κ2) is 5.23. The highest BCUT2D eigenvalue weighted by Crippen LogP contribution is 2.26. The van der Waals surface area contributed by atoms with Crippen LogP contribution in [0.1, 0.15) is 16.8 Å². The van der Waals surface area contributed by atoms with Crippen molar-refractivity contribution in [1.82, 2.24) is 4.90 Å². The van der Waals surface area contributed by atoms with E-state index in [9.17, 15) is 20.0 Å². The number of hydrogen-bond acceptors (Lipinski definition) is 5. The van der Waals surface area contributed by atoms with Crippen LogP contribution in [-0.4, -0.2) is 47.1 Å². The summed E-state index contributed by atoms with van der Waals surface area (Å²) in [5, 5.41) is 20.2. The molecule has 1 aromatic rings. The van der Waals surface area contributed by atoms with E-state index in [0.29, 0.717) is 13.0 Å². The van der Waals surface area contributed by atoms with Gasteiger partial charge in [0.25, 0.3) is 11.6 Å². The molecule has 7 heteroatoms. The number of amides is 1. The van der Waals surface area contributed by atoms with Crippen LogP contribution in [0.2, 0.25) is 0 Å². The van der Waals surface area contributed by atoms with Gasteiger partial charge in [0.2, 0.25) is 0 Å². The van der Waals surface area contributed by atoms with Crippen LogP contribution in [0.25, 0.3) is 0 Å². The average molecular weight is 266 g/mol. The summed E-state index contributed by atoms with van der Waals surface area (Å²) in [6, 6.07) is 3.89. The number of carbonyl (C=O) groups is 1. The van der Waals surface area contributed by atoms with Crippen molar-refractivity contribution in [3.8, 4) is 5.75 Å². The molecule has 1 atom stereocenters. The van der Waals surface area contributed by atoms with E-state index >= 15 is 0 Å². The predicted molar refractivity (Wildman–Crippen MR) is 66.2 cm³/mol. The fraction of sp³-hybridized carbons (Fsp3) is 0.417. The maximum Gasteiger partial charge on any atom is 0.270 e. The molecular formula is C12H14N2O5. The molecule has 7 nitrogen and oxygen atoms in total. The van der Waals surface area contributed by atoms with Crippen LogP contribution in [0.4, 0.5) is 5.69 Å². The van der Waals surface area contributed by atoms with Gasteiger partial charge in [-0.05, 0) is 12.5 Å². The SMILES string of the molecule is COc1ccc([N+](=O)[O-])cc1C(=O)N1CCC(O)C1. The van der Waals surface area contributed by atoms with E-state index in [1.165, 1.54) is 30.2 Å². The molecule has 1 aromatic carbocycles. The minimum Gasteiger partial charge on any atom is -0.496 e. The number of nitrogens with zero attached hydrogens (tertiary/aromatic N) is 2. The van der Waals surface area contributed by atoms with E-state index in [-0.39, 0.29) is 29.5 Å². The summed E-state index contributed by atoms with van der Waals surface area (Å²) in [6.45, 7) is 0.677. The molecule has 1 amide bonds. The van der Waals surface area contributed by atoms with E-state index in [1.54, 1.807) is 0 Å². The number of nitro groups is 1. The maximum absolute atomic E-state index is 12.3. The summed E-state index contributed by atoms with van der Waals surface area (Å²) in [7, 11) is 1.40. The molecule has 0 aliphatic carbocycles. The monoisotopic (exact) mass is 266 g/mol. The van der Waals surface area contributed by atoms with Crippen molar-refractivity contribution in [3.05, 3.63) is 33.9 Å². The Morgan fingerprint density at radius 1 is 1.58 bits per heavy atom. The van der Waals surface area contributed by atoms with Crippen LogP contribution < -0.4 is 4.74 Å². The van der Waals surface area contributed by atoms with Crippen LogP contribution in [-0.2, 0) is 0 Å². The Morgan fingerprint density at radius 3 is 2.84 bits per heavy atom. The zero-order valence-electron chi connectivity index (χ0n) is 10.4. The van der Waals surface area contributed by atoms with Crippen LogP contribution >= 0.6 is 0 Å². The Bertz CT molecular complexity index is 517. The van der Waals surface area contributed by atoms with Crippen LogP contribution in [0.3, 0.4) is 0 Å². The number of ether oxygens (including phenoxy) is 1. The van der Waals surface area contributed by atoms with Crippen LogP contribution in [0.5, 0.6) is 5.75 Å². The van der Waals surface area contributed by atoms with Crippen molar-refractivity contribution in [2.75, 3.05) is 20.2 Å². The van der Waals surface area contributed by atoms with E-state index in [4.69, 9.17) is 4.74 Å². The molecule has 0 aromatic heterocycles. The molecule has 0 bridgehead atoms. The molecule has 1 saturated heterocycles. The number of likely N-dealkylation sites (tertiary alicyclic amines) is 1. The summed E-state index contributed by atoms with van der Waals surface area (Å²) in [4.78, 5) is 23.9. The smallest absolute Gasteiger partial charge is 0.270 e. The fourth-order valence-corrected chi connectivity index (χ4v) is 2.07. The number of β-amino-alcohol motifs (C(OH)–C–C–N with tert-alkyl or cyclic N) is 1. The molecular weight excluding hydrogens is 252 g/mol. The lowest BCUT2D eigenvalue weighted by Crippen LogP contribution is -2.29. The molecule has 2 rings (SSSR count). The first-order valence-corrected chi connectivity index (χ1v) is 5.82. The van der Waals surface area contributed by atoms with Gasteiger partial charge < -0.3 is 14.7 Å². The molecule has 0 radical (unpaired) electrons. The number of hydrogen-bond donors (Lipinski definition) is 1. The summed E-state index contributed by atoms with van der Waals surface area (Å²) in [5.74, 6) is -0.0749. The number of non-ortho nitro benzene ring substituents is 1. The van der Waals surface area contributed by atoms with E-state index in [2.05, 4.69) is 0 Å². The Balaban J connectivity index is 2.33. The quantitative estimate of drug-likeness (QED) is 0.645. The highest BCUT2D eigenvalue weighted by atomic mass is 16.6. The Morgan fingerprint density at radius 2 is 2.32 bits per heavy atom. The lowest BCUT2D eigenvalue weighted by Gasteiger charge is -2.17. The minimum atomic E-state index is -0.560. The number of aliphatic hydroxyl groups excluding tert-OH is 1. The molecule has 1 N–H and O–H groups in total. The van der Waals surface area contributed by atoms with Gasteiger partial charge in [-0.1, -0.05) is 0 Å². The number of carbonyl (C=O) groups excluding carboxylic acids is 1. The summed E-state index contributed by atoms with van der Waals surface area (Å²) in [6.07, 6.45) is -0.0168. The van der Waals surface area contributed by atoms with Crippen molar-refractivity contribution in [1.29, 1.82) is 0 Å². The fourth-order valence-electron chi connectivity index (χ4n) is 2.07. The molecule has 1 heterocycles. The van der Waals surface area contributed by atoms with E-state index < -0.39 is 11.0 Å². The Hall–Kier alpha value is -2.15. The van der Waals surface area contributed by atoms with E-state index in [0.717, 1.165) is 0 Å². The van der Waals surface area contributed by atoms with Crippen molar-refractivity contribution >= 4 is 11.6 Å². The molecule has 0 spiro atoms. The molecule has 19 heavy (non-hydrogen) atoms. The first kappa shape index (κ1) is 13.3. The standard InChI is InChI=1S/C12H14N2O5/c1-19-11-3-2-8(14(17)18)6-10(11)12(16)13-5-4-9(15)7-13/h2-3,6,9,15H,4-5,7H2,1H3. The summed E-state index contributed by atoms with van der Waals surface area (Å²) < 4.78 is 5.06. The second-order valence-corrected chi connectivity index (χ2v) is 4.34. The molecule has 1 unspecified atom stereocenters. The normalized spacial score (nSPS) is 18.4. The van der Waals surface area contributed by atoms with Crippen molar-refractivity contribution in [2.24, 2.45) is 0 Å². The number of methoxy groups -OCH3 is 1. The van der Waals surface area contributed by atoms with Crippen LogP contribution in [0.15, 0.2) is 18.2 Å². The Labute approximate surface area is 109 Å². The van der Waals surface area contributed by atoms with Crippen molar-refractivity contribution in [2.45, 2.75) is 12.5 Å². The summed E-state index contributed by atoms with van der Waals surface area (Å²) >= 11 is 0. The van der Waals surface area contributed by atoms with Gasteiger partial charge in [-0.2, -0.15) is 0 Å². The summed E-state index contributed by atoms with van der Waals surface area (Å²) in [5.41, 5.74) is -0.0188. The largest absolute Gasteiger partial charge is 0.496 e. The van der Waals surface area contributed by atoms with Crippen molar-refractivity contribution in [3.63, 3.8) is 0 Å². The molecule has 1 aliphatic rings. The minimum absolute atomic E-state index is 0.144. The topological polar surface area (TPSA) is 92.9 Å². The van der Waals surface area contributed by atoms with Crippen LogP contribution in [0, 0.1) is 10.1 Å². The Kier molecular flexibility index (Phi) is 3.66. The third-order valence-corrected chi connectivity index (χ3v) is 3.07. The molecule has 1 aliphatic heterocycles. The zero-order chi connectivity index (χ0) is 14.0. The number of aliphatic hydroxyl groups is 1. The predicted octanol–water partition coefficient (Wildman–Crippen LogP) is 0.810. The van der Waals surface area contributed by atoms with Gasteiger partial charge >= 0.3 is 0 Å². The maximum atomic E-state index is 12.3. The lowest BCUT2D eigenvalue weighted by atomic mass is 10.1. The van der Waals surface area contributed by atoms with Gasteiger partial charge in [0, 0.05) is 25.2 Å². The number of benzene rings is 1. The van der Waals surface area contributed by atoms with Gasteiger partial charge in [0.1, 0.15) is 5.75 Å². The highest BCUT2D eigenvalue weighted by Gasteiger charge is 2.28. The highest BCUT2D eigenvalue weighted by molar-refractivity contribution is 5.97. The molecule has 102 valence electrons. The first-order valence-electron chi connectivity index (χ1n) is 5.82. The van der Waals surface area contributed by atoms with Gasteiger partial charge in [-0.25, -0.2) is 0 Å². The number of rotatable bonds is 3. The third kappa shape index (κ3) is 2.65. The zero-order valence-corrected chi connectivity index (χ0v) is 10.4.